The SMILES string of the molecule is CCOC(=O)/C(C(C)=O)=C(/O)c1ccccc1. The third kappa shape index (κ3) is 3.17. The molecule has 0 aliphatic rings. The zero-order chi connectivity index (χ0) is 12.8. The molecule has 0 unspecified atom stereocenters. The molecule has 0 bridgehead atoms. The monoisotopic (exact) mass is 234 g/mol. The van der Waals surface area contributed by atoms with Crippen molar-refractivity contribution in [2.75, 3.05) is 6.61 Å². The number of rotatable bonds is 4. The molecule has 0 aliphatic carbocycles. The highest BCUT2D eigenvalue weighted by molar-refractivity contribution is 6.21. The van der Waals surface area contributed by atoms with E-state index in [4.69, 9.17) is 4.74 Å². The maximum Gasteiger partial charge on any atom is 0.345 e. The first-order valence-electron chi connectivity index (χ1n) is 5.24. The van der Waals surface area contributed by atoms with Gasteiger partial charge in [-0.3, -0.25) is 4.79 Å². The van der Waals surface area contributed by atoms with Crippen molar-refractivity contribution in [1.29, 1.82) is 0 Å². The van der Waals surface area contributed by atoms with Gasteiger partial charge in [-0.1, -0.05) is 30.3 Å². The number of hydrogen-bond acceptors (Lipinski definition) is 4. The third-order valence-electron chi connectivity index (χ3n) is 2.12. The molecule has 1 aromatic carbocycles. The van der Waals surface area contributed by atoms with E-state index >= 15 is 0 Å². The average molecular weight is 234 g/mol. The van der Waals surface area contributed by atoms with Crippen molar-refractivity contribution in [1.82, 2.24) is 0 Å². The number of hydrogen-bond donors (Lipinski definition) is 1. The molecule has 0 heterocycles. The Hall–Kier alpha value is -2.10. The topological polar surface area (TPSA) is 63.6 Å². The van der Waals surface area contributed by atoms with E-state index < -0.39 is 11.8 Å². The van der Waals surface area contributed by atoms with E-state index in [1.807, 2.05) is 0 Å². The molecule has 0 amide bonds. The molecule has 1 rings (SSSR count). The van der Waals surface area contributed by atoms with Gasteiger partial charge >= 0.3 is 5.97 Å². The van der Waals surface area contributed by atoms with E-state index in [0.717, 1.165) is 0 Å². The molecule has 1 N–H and O–H groups in total. The number of ketones is 1. The van der Waals surface area contributed by atoms with Crippen molar-refractivity contribution in [3.63, 3.8) is 0 Å². The van der Waals surface area contributed by atoms with Crippen molar-refractivity contribution in [2.45, 2.75) is 13.8 Å². The van der Waals surface area contributed by atoms with Gasteiger partial charge in [0.25, 0.3) is 0 Å². The van der Waals surface area contributed by atoms with Gasteiger partial charge in [0.2, 0.25) is 0 Å². The highest BCUT2D eigenvalue weighted by Gasteiger charge is 2.22. The third-order valence-corrected chi connectivity index (χ3v) is 2.12. The second-order valence-electron chi connectivity index (χ2n) is 3.37. The Bertz CT molecular complexity index is 446. The molecule has 4 heteroatoms. The number of carbonyl (C=O) groups is 2. The smallest absolute Gasteiger partial charge is 0.345 e. The van der Waals surface area contributed by atoms with Crippen molar-refractivity contribution in [2.24, 2.45) is 0 Å². The van der Waals surface area contributed by atoms with Crippen molar-refractivity contribution >= 4 is 17.5 Å². The van der Waals surface area contributed by atoms with E-state index in [1.165, 1.54) is 6.92 Å². The average Bonchev–Trinajstić information content (AvgIpc) is 2.30. The molecule has 0 saturated carbocycles. The fourth-order valence-corrected chi connectivity index (χ4v) is 1.35. The molecular formula is C13H14O4. The maximum absolute atomic E-state index is 11.5. The van der Waals surface area contributed by atoms with Crippen LogP contribution in [0.3, 0.4) is 0 Å². The summed E-state index contributed by atoms with van der Waals surface area (Å²) >= 11 is 0. The van der Waals surface area contributed by atoms with Crippen LogP contribution in [-0.4, -0.2) is 23.5 Å². The number of ether oxygens (including phenoxy) is 1. The zero-order valence-corrected chi connectivity index (χ0v) is 9.77. The van der Waals surface area contributed by atoms with Gasteiger partial charge in [-0.15, -0.1) is 0 Å². The Morgan fingerprint density at radius 1 is 1.24 bits per heavy atom. The van der Waals surface area contributed by atoms with Crippen molar-refractivity contribution in [3.05, 3.63) is 41.5 Å². The van der Waals surface area contributed by atoms with Crippen LogP contribution in [0.5, 0.6) is 0 Å². The number of Topliss-reactive ketones (excluding diaryl/α,β-unsaturated/α-hetero) is 1. The maximum atomic E-state index is 11.5. The fourth-order valence-electron chi connectivity index (χ4n) is 1.35. The van der Waals surface area contributed by atoms with Crippen LogP contribution in [0, 0.1) is 0 Å². The summed E-state index contributed by atoms with van der Waals surface area (Å²) in [4.78, 5) is 22.9. The second-order valence-corrected chi connectivity index (χ2v) is 3.37. The van der Waals surface area contributed by atoms with E-state index in [0.29, 0.717) is 5.56 Å². The molecule has 0 aliphatic heterocycles. The molecule has 4 nitrogen and oxygen atoms in total. The van der Waals surface area contributed by atoms with Gasteiger partial charge in [0, 0.05) is 5.56 Å². The molecule has 1 aromatic rings. The second kappa shape index (κ2) is 5.84. The standard InChI is InChI=1S/C13H14O4/c1-3-17-13(16)11(9(2)14)12(15)10-7-5-4-6-8-10/h4-8,15H,3H2,1-2H3/b12-11+. The largest absolute Gasteiger partial charge is 0.506 e. The van der Waals surface area contributed by atoms with Crippen LogP contribution in [-0.2, 0) is 14.3 Å². The molecule has 17 heavy (non-hydrogen) atoms. The molecule has 0 saturated heterocycles. The molecular weight excluding hydrogens is 220 g/mol. The summed E-state index contributed by atoms with van der Waals surface area (Å²) < 4.78 is 4.73. The molecule has 0 fully saturated rings. The Morgan fingerprint density at radius 3 is 2.29 bits per heavy atom. The van der Waals surface area contributed by atoms with Crippen LogP contribution in [0.1, 0.15) is 19.4 Å². The number of aliphatic hydroxyl groups excluding tert-OH is 1. The summed E-state index contributed by atoms with van der Waals surface area (Å²) in [7, 11) is 0. The minimum absolute atomic E-state index is 0.150. The van der Waals surface area contributed by atoms with Gasteiger partial charge in [0.05, 0.1) is 6.61 Å². The molecule has 0 radical (unpaired) electrons. The first kappa shape index (κ1) is 13.0. The Balaban J connectivity index is 3.21. The summed E-state index contributed by atoms with van der Waals surface area (Å²) in [5.41, 5.74) is 0.0869. The lowest BCUT2D eigenvalue weighted by Crippen LogP contribution is -2.15. The first-order chi connectivity index (χ1) is 8.07. The fraction of sp³-hybridized carbons (Fsp3) is 0.231. The lowest BCUT2D eigenvalue weighted by molar-refractivity contribution is -0.139. The normalized spacial score (nSPS) is 11.6. The molecule has 90 valence electrons. The van der Waals surface area contributed by atoms with Gasteiger partial charge < -0.3 is 9.84 Å². The van der Waals surface area contributed by atoms with Crippen molar-refractivity contribution < 1.29 is 19.4 Å². The van der Waals surface area contributed by atoms with Crippen LogP contribution in [0.2, 0.25) is 0 Å². The minimum atomic E-state index is -0.804. The molecule has 0 aromatic heterocycles. The van der Waals surface area contributed by atoms with Crippen LogP contribution >= 0.6 is 0 Å². The summed E-state index contributed by atoms with van der Waals surface area (Å²) in [6, 6.07) is 8.40. The Kier molecular flexibility index (Phi) is 4.46. The van der Waals surface area contributed by atoms with Gasteiger partial charge in [-0.2, -0.15) is 0 Å². The molecule has 0 atom stereocenters. The summed E-state index contributed by atoms with van der Waals surface area (Å²) in [5, 5.41) is 9.91. The number of aliphatic hydroxyl groups is 1. The Labute approximate surface area is 99.5 Å². The summed E-state index contributed by atoms with van der Waals surface area (Å²) in [6.45, 7) is 3.00. The van der Waals surface area contributed by atoms with E-state index in [9.17, 15) is 14.7 Å². The zero-order valence-electron chi connectivity index (χ0n) is 9.77. The van der Waals surface area contributed by atoms with Crippen LogP contribution in [0.25, 0.3) is 5.76 Å². The van der Waals surface area contributed by atoms with Crippen molar-refractivity contribution in [3.8, 4) is 0 Å². The van der Waals surface area contributed by atoms with Crippen LogP contribution in [0.15, 0.2) is 35.9 Å². The highest BCUT2D eigenvalue weighted by Crippen LogP contribution is 2.17. The predicted molar refractivity (Wildman–Crippen MR) is 63.3 cm³/mol. The summed E-state index contributed by atoms with van der Waals surface area (Å²) in [5.74, 6) is -1.68. The van der Waals surface area contributed by atoms with Gasteiger partial charge in [-0.25, -0.2) is 4.79 Å². The molecule has 0 spiro atoms. The Morgan fingerprint density at radius 2 is 1.82 bits per heavy atom. The lowest BCUT2D eigenvalue weighted by Gasteiger charge is -2.07. The van der Waals surface area contributed by atoms with Crippen LogP contribution < -0.4 is 0 Å². The van der Waals surface area contributed by atoms with Crippen LogP contribution in [0.4, 0.5) is 0 Å². The van der Waals surface area contributed by atoms with E-state index in [1.54, 1.807) is 37.3 Å². The summed E-state index contributed by atoms with van der Waals surface area (Å²) in [6.07, 6.45) is 0. The van der Waals surface area contributed by atoms with Gasteiger partial charge in [-0.05, 0) is 13.8 Å². The number of esters is 1. The predicted octanol–water partition coefficient (Wildman–Crippen LogP) is 2.11. The minimum Gasteiger partial charge on any atom is -0.506 e. The van der Waals surface area contributed by atoms with E-state index in [-0.39, 0.29) is 17.9 Å². The van der Waals surface area contributed by atoms with Gasteiger partial charge in [0.15, 0.2) is 5.78 Å². The lowest BCUT2D eigenvalue weighted by atomic mass is 10.1. The van der Waals surface area contributed by atoms with Gasteiger partial charge in [0.1, 0.15) is 11.3 Å². The first-order valence-corrected chi connectivity index (χ1v) is 5.24. The highest BCUT2D eigenvalue weighted by atomic mass is 16.5. The quantitative estimate of drug-likeness (QED) is 0.285. The number of carbonyl (C=O) groups excluding carboxylic acids is 2. The van der Waals surface area contributed by atoms with E-state index in [2.05, 4.69) is 0 Å². The number of benzene rings is 1.